The van der Waals surface area contributed by atoms with Gasteiger partial charge in [-0.15, -0.1) is 0 Å². The Balaban J connectivity index is 2.89. The quantitative estimate of drug-likeness (QED) is 0.561. The predicted octanol–water partition coefficient (Wildman–Crippen LogP) is 0.315. The summed E-state index contributed by atoms with van der Waals surface area (Å²) in [5.74, 6) is -1.41. The van der Waals surface area contributed by atoms with Gasteiger partial charge < -0.3 is 20.6 Å². The van der Waals surface area contributed by atoms with Crippen LogP contribution in [0.5, 0.6) is 0 Å². The van der Waals surface area contributed by atoms with E-state index in [4.69, 9.17) is 5.11 Å². The second kappa shape index (κ2) is 7.42. The normalized spacial score (nSPS) is 13.9. The summed E-state index contributed by atoms with van der Waals surface area (Å²) in [6, 6.07) is 6.58. The zero-order valence-corrected chi connectivity index (χ0v) is 11.0. The summed E-state index contributed by atoms with van der Waals surface area (Å²) in [5, 5.41) is 30.9. The molecule has 6 nitrogen and oxygen atoms in total. The fraction of sp³-hybridized carbons (Fsp3) is 0.286. The monoisotopic (exact) mass is 279 g/mol. The molecule has 1 aromatic rings. The second-order valence-corrected chi connectivity index (χ2v) is 4.25. The van der Waals surface area contributed by atoms with Crippen molar-refractivity contribution in [2.45, 2.75) is 19.1 Å². The molecule has 0 aromatic heterocycles. The highest BCUT2D eigenvalue weighted by atomic mass is 16.4. The molecule has 1 rings (SSSR count). The molecule has 1 amide bonds. The molecule has 0 bridgehead atoms. The lowest BCUT2D eigenvalue weighted by atomic mass is 9.98. The minimum atomic E-state index is -1.23. The van der Waals surface area contributed by atoms with Gasteiger partial charge in [-0.1, -0.05) is 24.3 Å². The fourth-order valence-electron chi connectivity index (χ4n) is 1.66. The van der Waals surface area contributed by atoms with Crippen LogP contribution < -0.4 is 5.32 Å². The summed E-state index contributed by atoms with van der Waals surface area (Å²) in [5.41, 5.74) is 0.882. The van der Waals surface area contributed by atoms with Gasteiger partial charge in [0, 0.05) is 19.5 Å². The zero-order chi connectivity index (χ0) is 15.1. The molecule has 0 aliphatic rings. The summed E-state index contributed by atoms with van der Waals surface area (Å²) < 4.78 is 0. The van der Waals surface area contributed by atoms with E-state index in [2.05, 4.69) is 5.32 Å². The number of hydrogen-bond acceptors (Lipinski definition) is 4. The Morgan fingerprint density at radius 1 is 1.30 bits per heavy atom. The van der Waals surface area contributed by atoms with Crippen molar-refractivity contribution in [2.24, 2.45) is 0 Å². The molecule has 0 fully saturated rings. The minimum absolute atomic E-state index is 0.0898. The van der Waals surface area contributed by atoms with Crippen LogP contribution >= 0.6 is 0 Å². The average Bonchev–Trinajstić information content (AvgIpc) is 2.41. The number of nitrogens with one attached hydrogen (secondary N) is 1. The van der Waals surface area contributed by atoms with Crippen LogP contribution in [-0.2, 0) is 9.59 Å². The molecule has 0 saturated carbocycles. The highest BCUT2D eigenvalue weighted by Gasteiger charge is 2.20. The van der Waals surface area contributed by atoms with Gasteiger partial charge in [0.05, 0.1) is 0 Å². The molecule has 6 heteroatoms. The molecule has 0 aliphatic carbocycles. The van der Waals surface area contributed by atoms with Crippen molar-refractivity contribution in [3.63, 3.8) is 0 Å². The summed E-state index contributed by atoms with van der Waals surface area (Å²) in [6.07, 6.45) is -0.118. The van der Waals surface area contributed by atoms with Crippen LogP contribution in [0.15, 0.2) is 30.3 Å². The van der Waals surface area contributed by atoms with Crippen molar-refractivity contribution >= 4 is 18.0 Å². The number of aliphatic hydroxyl groups excluding tert-OH is 2. The number of rotatable bonds is 6. The van der Waals surface area contributed by atoms with Crippen molar-refractivity contribution in [1.29, 1.82) is 0 Å². The lowest BCUT2D eigenvalue weighted by molar-refractivity contribution is -0.131. The number of amides is 1. The van der Waals surface area contributed by atoms with Crippen LogP contribution in [0.4, 0.5) is 0 Å². The Hall–Kier alpha value is -2.18. The van der Waals surface area contributed by atoms with Gasteiger partial charge in [0.25, 0.3) is 0 Å². The molecule has 0 aliphatic heterocycles. The Morgan fingerprint density at radius 3 is 2.55 bits per heavy atom. The molecular weight excluding hydrogens is 262 g/mol. The van der Waals surface area contributed by atoms with Crippen molar-refractivity contribution in [3.8, 4) is 0 Å². The number of carbonyl (C=O) groups is 2. The van der Waals surface area contributed by atoms with E-state index in [0.717, 1.165) is 6.08 Å². The molecule has 0 heterocycles. The van der Waals surface area contributed by atoms with Gasteiger partial charge in [-0.3, -0.25) is 4.79 Å². The second-order valence-electron chi connectivity index (χ2n) is 4.25. The number of carboxylic acid groups (broad SMARTS) is 1. The van der Waals surface area contributed by atoms with E-state index in [9.17, 15) is 19.8 Å². The van der Waals surface area contributed by atoms with Crippen molar-refractivity contribution in [2.75, 3.05) is 6.54 Å². The lowest BCUT2D eigenvalue weighted by Crippen LogP contribution is -2.34. The minimum Gasteiger partial charge on any atom is -0.478 e. The predicted molar refractivity (Wildman–Crippen MR) is 72.8 cm³/mol. The number of carbonyl (C=O) groups excluding carboxylic acids is 1. The average molecular weight is 279 g/mol. The first kappa shape index (κ1) is 15.9. The van der Waals surface area contributed by atoms with Crippen molar-refractivity contribution in [1.82, 2.24) is 5.32 Å². The third kappa shape index (κ3) is 4.83. The standard InChI is InChI=1S/C14H17NO5/c1-9(16)15-8-12(17)14(20)11-5-3-2-4-10(11)6-7-13(18)19/h2-7,12,14,17,20H,8H2,1H3,(H,15,16)(H,18,19)/b7-6+. The number of hydrogen-bond donors (Lipinski definition) is 4. The smallest absolute Gasteiger partial charge is 0.328 e. The molecule has 4 N–H and O–H groups in total. The van der Waals surface area contributed by atoms with E-state index in [1.807, 2.05) is 0 Å². The first-order valence-corrected chi connectivity index (χ1v) is 6.02. The van der Waals surface area contributed by atoms with Gasteiger partial charge in [-0.05, 0) is 17.2 Å². The molecule has 20 heavy (non-hydrogen) atoms. The number of aliphatic carboxylic acids is 1. The van der Waals surface area contributed by atoms with Crippen LogP contribution in [0.2, 0.25) is 0 Å². The Labute approximate surface area is 116 Å². The van der Waals surface area contributed by atoms with Gasteiger partial charge in [0.15, 0.2) is 0 Å². The van der Waals surface area contributed by atoms with E-state index in [-0.39, 0.29) is 12.5 Å². The zero-order valence-electron chi connectivity index (χ0n) is 11.0. The van der Waals surface area contributed by atoms with Crippen LogP contribution in [-0.4, -0.2) is 39.8 Å². The molecule has 0 spiro atoms. The molecule has 1 aromatic carbocycles. The van der Waals surface area contributed by atoms with E-state index >= 15 is 0 Å². The largest absolute Gasteiger partial charge is 0.478 e. The van der Waals surface area contributed by atoms with E-state index in [1.54, 1.807) is 24.3 Å². The van der Waals surface area contributed by atoms with Gasteiger partial charge >= 0.3 is 5.97 Å². The molecule has 0 radical (unpaired) electrons. The third-order valence-corrected chi connectivity index (χ3v) is 2.64. The molecule has 2 atom stereocenters. The molecule has 0 saturated heterocycles. The summed E-state index contributed by atoms with van der Waals surface area (Å²) >= 11 is 0. The summed E-state index contributed by atoms with van der Waals surface area (Å²) in [6.45, 7) is 1.22. The highest BCUT2D eigenvalue weighted by molar-refractivity contribution is 5.85. The molecule has 2 unspecified atom stereocenters. The van der Waals surface area contributed by atoms with Gasteiger partial charge in [-0.25, -0.2) is 4.79 Å². The first-order chi connectivity index (χ1) is 9.41. The van der Waals surface area contributed by atoms with Gasteiger partial charge in [-0.2, -0.15) is 0 Å². The topological polar surface area (TPSA) is 107 Å². The van der Waals surface area contributed by atoms with Gasteiger partial charge in [0.1, 0.15) is 12.2 Å². The number of benzene rings is 1. The molecule has 108 valence electrons. The highest BCUT2D eigenvalue weighted by Crippen LogP contribution is 2.22. The maximum atomic E-state index is 10.8. The van der Waals surface area contributed by atoms with Crippen molar-refractivity contribution in [3.05, 3.63) is 41.5 Å². The van der Waals surface area contributed by atoms with Crippen LogP contribution in [0.1, 0.15) is 24.2 Å². The SMILES string of the molecule is CC(=O)NCC(O)C(O)c1ccccc1/C=C/C(=O)O. The maximum Gasteiger partial charge on any atom is 0.328 e. The summed E-state index contributed by atoms with van der Waals surface area (Å²) in [7, 11) is 0. The third-order valence-electron chi connectivity index (χ3n) is 2.64. The Bertz CT molecular complexity index is 512. The lowest BCUT2D eigenvalue weighted by Gasteiger charge is -2.20. The maximum absolute atomic E-state index is 10.8. The number of carboxylic acids is 1. The fourth-order valence-corrected chi connectivity index (χ4v) is 1.66. The van der Waals surface area contributed by atoms with Gasteiger partial charge in [0.2, 0.25) is 5.91 Å². The van der Waals surface area contributed by atoms with Crippen LogP contribution in [0.3, 0.4) is 0 Å². The van der Waals surface area contributed by atoms with E-state index < -0.39 is 18.2 Å². The molecular formula is C14H17NO5. The summed E-state index contributed by atoms with van der Waals surface area (Å²) in [4.78, 5) is 21.3. The number of aliphatic hydroxyl groups is 2. The Morgan fingerprint density at radius 2 is 1.95 bits per heavy atom. The van der Waals surface area contributed by atoms with Crippen LogP contribution in [0.25, 0.3) is 6.08 Å². The van der Waals surface area contributed by atoms with E-state index in [0.29, 0.717) is 11.1 Å². The van der Waals surface area contributed by atoms with Crippen LogP contribution in [0, 0.1) is 0 Å². The van der Waals surface area contributed by atoms with E-state index in [1.165, 1.54) is 13.0 Å². The Kier molecular flexibility index (Phi) is 5.89. The van der Waals surface area contributed by atoms with Crippen molar-refractivity contribution < 1.29 is 24.9 Å². The first-order valence-electron chi connectivity index (χ1n) is 6.02.